The van der Waals surface area contributed by atoms with E-state index in [2.05, 4.69) is 79.1 Å². The summed E-state index contributed by atoms with van der Waals surface area (Å²) in [7, 11) is 0.405. The minimum absolute atomic E-state index is 0.0185. The monoisotopic (exact) mass is 751 g/mol. The maximum Gasteiger partial charge on any atom is 0.569 e. The van der Waals surface area contributed by atoms with Crippen LogP contribution in [0.3, 0.4) is 0 Å². The molecule has 0 spiro atoms. The van der Waals surface area contributed by atoms with Crippen LogP contribution >= 0.6 is 15.9 Å². The highest BCUT2D eigenvalue weighted by molar-refractivity contribution is 9.10. The van der Waals surface area contributed by atoms with Gasteiger partial charge in [-0.25, -0.2) is 0 Å². The largest absolute Gasteiger partial charge is 0.569 e. The molecule has 0 aliphatic rings. The predicted molar refractivity (Wildman–Crippen MR) is 209 cm³/mol. The van der Waals surface area contributed by atoms with Gasteiger partial charge < -0.3 is 19.6 Å². The molecule has 255 valence electrons. The number of nitrogens with one attached hydrogen (secondary N) is 2. The van der Waals surface area contributed by atoms with E-state index in [0.29, 0.717) is 13.2 Å². The van der Waals surface area contributed by atoms with Crippen molar-refractivity contribution in [3.8, 4) is 39.4 Å². The normalized spacial score (nSPS) is 10.4. The predicted octanol–water partition coefficient (Wildman–Crippen LogP) is 10.5. The number of benzene rings is 6. The van der Waals surface area contributed by atoms with Gasteiger partial charge in [0.25, 0.3) is 5.69 Å². The van der Waals surface area contributed by atoms with Crippen LogP contribution < -0.4 is 4.65 Å². The molecular formula is C40H29BBrN4O6. The second kappa shape index (κ2) is 16.5. The number of para-hydroxylation sites is 3. The number of halogens is 1. The fourth-order valence-electron chi connectivity index (χ4n) is 5.59. The summed E-state index contributed by atoms with van der Waals surface area (Å²) in [5.41, 5.74) is 8.12. The Balaban J connectivity index is 0.000000144. The van der Waals surface area contributed by atoms with Gasteiger partial charge in [-0.1, -0.05) is 107 Å². The summed E-state index contributed by atoms with van der Waals surface area (Å²) >= 11 is 3.48. The van der Waals surface area contributed by atoms with E-state index in [-0.39, 0.29) is 22.0 Å². The van der Waals surface area contributed by atoms with Crippen molar-refractivity contribution in [2.24, 2.45) is 0 Å². The second-order valence-electron chi connectivity index (χ2n) is 11.4. The van der Waals surface area contributed by atoms with Crippen molar-refractivity contribution in [1.29, 1.82) is 0 Å². The first-order valence-electron chi connectivity index (χ1n) is 15.9. The van der Waals surface area contributed by atoms with Gasteiger partial charge in [0, 0.05) is 49.8 Å². The fourth-order valence-corrected chi connectivity index (χ4v) is 5.97. The van der Waals surface area contributed by atoms with Crippen molar-refractivity contribution in [3.05, 3.63) is 182 Å². The number of aromatic amines is 2. The van der Waals surface area contributed by atoms with Gasteiger partial charge in [0.05, 0.1) is 15.4 Å². The SMILES string of the molecule is Brc1ccc2[nH]c(-c3ccccc3)cc2c1.O=[N+]([O-])c1ccccc1-c1ccc2[nH]c(-c3ccccc3)cc2c1.O=[N+]([O-])c1ccccc1O[B]O. The number of H-pyrrole nitrogens is 2. The quantitative estimate of drug-likeness (QED) is 0.0839. The maximum absolute atomic E-state index is 11.2. The lowest BCUT2D eigenvalue weighted by Gasteiger charge is -2.03. The molecule has 0 saturated heterocycles. The lowest BCUT2D eigenvalue weighted by atomic mass is 10.0. The van der Waals surface area contributed by atoms with Gasteiger partial charge in [-0.05, 0) is 71.3 Å². The number of nitro benzene ring substituents is 2. The molecule has 0 unspecified atom stereocenters. The standard InChI is InChI=1S/C20H14N2O2.C14H10BrN.C6H5BNO4/c23-22(24)20-9-5-4-8-17(20)15-10-11-18-16(12-15)13-19(21-18)14-6-2-1-3-7-14;15-12-6-7-13-11(8-12)9-14(16-13)10-4-2-1-3-5-10;9-7-12-6-4-2-1-3-5(6)8(10)11/h1-13,21H;1-9,16H;1-4,9H. The van der Waals surface area contributed by atoms with Crippen LogP contribution in [0, 0.1) is 20.2 Å². The summed E-state index contributed by atoms with van der Waals surface area (Å²) in [6, 6.07) is 49.4. The summed E-state index contributed by atoms with van der Waals surface area (Å²) in [6.07, 6.45) is 0. The number of hydrogen-bond acceptors (Lipinski definition) is 6. The molecule has 1 radical (unpaired) electrons. The van der Waals surface area contributed by atoms with Crippen LogP contribution in [-0.4, -0.2) is 32.5 Å². The first-order chi connectivity index (χ1) is 25.3. The third-order valence-corrected chi connectivity index (χ3v) is 8.52. The highest BCUT2D eigenvalue weighted by Gasteiger charge is 2.15. The Labute approximate surface area is 307 Å². The highest BCUT2D eigenvalue weighted by Crippen LogP contribution is 2.33. The van der Waals surface area contributed by atoms with E-state index in [0.717, 1.165) is 37.9 Å². The Hall–Kier alpha value is -6.50. The van der Waals surface area contributed by atoms with Crippen LogP contribution in [0.2, 0.25) is 0 Å². The topological polar surface area (TPSA) is 147 Å². The van der Waals surface area contributed by atoms with Crippen LogP contribution in [0.4, 0.5) is 11.4 Å². The molecule has 10 nitrogen and oxygen atoms in total. The molecule has 0 amide bonds. The van der Waals surface area contributed by atoms with E-state index >= 15 is 0 Å². The lowest BCUT2D eigenvalue weighted by Crippen LogP contribution is -2.02. The molecule has 0 bridgehead atoms. The third kappa shape index (κ3) is 8.44. The molecule has 8 aromatic rings. The Morgan fingerprint density at radius 3 is 1.63 bits per heavy atom. The molecule has 0 saturated carbocycles. The number of fused-ring (bicyclic) bond motifs is 2. The van der Waals surface area contributed by atoms with Crippen LogP contribution in [0.5, 0.6) is 5.75 Å². The molecule has 8 rings (SSSR count). The second-order valence-corrected chi connectivity index (χ2v) is 12.3. The van der Waals surface area contributed by atoms with Gasteiger partial charge in [0.15, 0.2) is 5.75 Å². The molecule has 12 heteroatoms. The van der Waals surface area contributed by atoms with Crippen LogP contribution in [0.15, 0.2) is 162 Å². The molecule has 6 aromatic carbocycles. The number of nitro groups is 2. The molecule has 2 aromatic heterocycles. The van der Waals surface area contributed by atoms with Gasteiger partial charge >= 0.3 is 13.4 Å². The van der Waals surface area contributed by atoms with E-state index < -0.39 is 4.92 Å². The minimum Gasteiger partial charge on any atom is -0.533 e. The first kappa shape index (κ1) is 35.3. The van der Waals surface area contributed by atoms with Gasteiger partial charge in [-0.3, -0.25) is 20.2 Å². The van der Waals surface area contributed by atoms with E-state index in [1.54, 1.807) is 18.2 Å². The summed E-state index contributed by atoms with van der Waals surface area (Å²) in [4.78, 5) is 27.5. The fraction of sp³-hybridized carbons (Fsp3) is 0. The average Bonchev–Trinajstić information content (AvgIpc) is 3.80. The zero-order chi connectivity index (χ0) is 36.5. The Kier molecular flexibility index (Phi) is 11.2. The number of nitrogens with zero attached hydrogens (tertiary/aromatic N) is 2. The zero-order valence-corrected chi connectivity index (χ0v) is 28.9. The summed E-state index contributed by atoms with van der Waals surface area (Å²) in [5.74, 6) is 0.0185. The zero-order valence-electron chi connectivity index (χ0n) is 27.3. The van der Waals surface area contributed by atoms with Gasteiger partial charge in [-0.15, -0.1) is 0 Å². The van der Waals surface area contributed by atoms with Gasteiger partial charge in [0.2, 0.25) is 0 Å². The Morgan fingerprint density at radius 1 is 0.558 bits per heavy atom. The third-order valence-electron chi connectivity index (χ3n) is 8.03. The van der Waals surface area contributed by atoms with Crippen molar-refractivity contribution in [2.75, 3.05) is 0 Å². The molecule has 52 heavy (non-hydrogen) atoms. The highest BCUT2D eigenvalue weighted by atomic mass is 79.9. The Bertz CT molecular complexity index is 2470. The van der Waals surface area contributed by atoms with Crippen LogP contribution in [0.1, 0.15) is 0 Å². The first-order valence-corrected chi connectivity index (χ1v) is 16.7. The molecule has 2 heterocycles. The van der Waals surface area contributed by atoms with Crippen LogP contribution in [0.25, 0.3) is 55.4 Å². The van der Waals surface area contributed by atoms with Crippen molar-refractivity contribution in [1.82, 2.24) is 9.97 Å². The molecular weight excluding hydrogens is 723 g/mol. The lowest BCUT2D eigenvalue weighted by molar-refractivity contribution is -0.385. The van der Waals surface area contributed by atoms with Crippen molar-refractivity contribution >= 4 is 56.8 Å². The summed E-state index contributed by atoms with van der Waals surface area (Å²) < 4.78 is 5.60. The number of hydrogen-bond donors (Lipinski definition) is 3. The van der Waals surface area contributed by atoms with E-state index in [4.69, 9.17) is 5.02 Å². The molecule has 0 atom stereocenters. The molecule has 0 aliphatic heterocycles. The minimum atomic E-state index is -0.584. The average molecular weight is 752 g/mol. The number of rotatable bonds is 7. The van der Waals surface area contributed by atoms with Crippen molar-refractivity contribution in [2.45, 2.75) is 0 Å². The molecule has 0 fully saturated rings. The molecule has 0 aliphatic carbocycles. The maximum atomic E-state index is 11.2. The van der Waals surface area contributed by atoms with Crippen molar-refractivity contribution in [3.63, 3.8) is 0 Å². The van der Waals surface area contributed by atoms with Crippen LogP contribution in [-0.2, 0) is 0 Å². The summed E-state index contributed by atoms with van der Waals surface area (Å²) in [6.45, 7) is 0. The van der Waals surface area contributed by atoms with Gasteiger partial charge in [0.1, 0.15) is 0 Å². The molecule has 3 N–H and O–H groups in total. The van der Waals surface area contributed by atoms with E-state index in [1.807, 2.05) is 66.7 Å². The Morgan fingerprint density at radius 2 is 1.06 bits per heavy atom. The smallest absolute Gasteiger partial charge is 0.533 e. The summed E-state index contributed by atoms with van der Waals surface area (Å²) in [5, 5.41) is 32.1. The van der Waals surface area contributed by atoms with E-state index in [9.17, 15) is 20.2 Å². The van der Waals surface area contributed by atoms with Crippen molar-refractivity contribution < 1.29 is 19.5 Å². The number of aromatic nitrogens is 2. The van der Waals surface area contributed by atoms with E-state index in [1.165, 1.54) is 40.7 Å². The van der Waals surface area contributed by atoms with Gasteiger partial charge in [-0.2, -0.15) is 0 Å².